The second kappa shape index (κ2) is 19.7. The fourth-order valence-corrected chi connectivity index (χ4v) is 6.76. The lowest BCUT2D eigenvalue weighted by Gasteiger charge is -2.49. The average molecular weight is 876 g/mol. The van der Waals surface area contributed by atoms with Crippen molar-refractivity contribution in [2.45, 2.75) is 118 Å². The normalized spacial score (nSPS) is 36.2. The van der Waals surface area contributed by atoms with Crippen molar-refractivity contribution in [2.75, 3.05) is 19.8 Å². The zero-order valence-corrected chi connectivity index (χ0v) is 31.7. The van der Waals surface area contributed by atoms with Gasteiger partial charge in [-0.15, -0.1) is 0 Å². The summed E-state index contributed by atoms with van der Waals surface area (Å²) < 4.78 is 69.8. The van der Waals surface area contributed by atoms with Gasteiger partial charge in [0.1, 0.15) is 72.8 Å². The Hall–Kier alpha value is -3.82. The molecule has 59 heavy (non-hydrogen) atoms. The van der Waals surface area contributed by atoms with Crippen LogP contribution >= 0.6 is 0 Å². The van der Waals surface area contributed by atoms with Gasteiger partial charge in [0.05, 0.1) is 36.9 Å². The van der Waals surface area contributed by atoms with Gasteiger partial charge in [-0.1, -0.05) is 0 Å². The van der Waals surface area contributed by atoms with Crippen LogP contribution in [-0.4, -0.2) is 199 Å². The Morgan fingerprint density at radius 2 is 1.49 bits per heavy atom. The average Bonchev–Trinajstić information content (AvgIpc) is 3.15. The number of carboxylic acid groups (broad SMARTS) is 1. The number of aliphatic carboxylic acids is 1. The number of nitro groups is 1. The minimum atomic E-state index is -5.13. The second-order valence-electron chi connectivity index (χ2n) is 13.6. The Morgan fingerprint density at radius 3 is 2.03 bits per heavy atom. The number of rotatable bonds is 17. The van der Waals surface area contributed by atoms with E-state index < -0.39 is 157 Å². The number of aliphatic hydroxyl groups is 8. The van der Waals surface area contributed by atoms with Crippen LogP contribution in [0.4, 0.5) is 5.69 Å². The predicted octanol–water partition coefficient (Wildman–Crippen LogP) is -6.26. The molecule has 3 saturated heterocycles. The summed E-state index contributed by atoms with van der Waals surface area (Å²) in [5.74, 6) is -6.69. The molecule has 3 aliphatic heterocycles. The Morgan fingerprint density at radius 1 is 0.915 bits per heavy atom. The highest BCUT2D eigenvalue weighted by Gasteiger charge is 2.58. The highest BCUT2D eigenvalue weighted by molar-refractivity contribution is 7.80. The molecular formula is C31H45N3O24S. The number of carboxylic acids is 1. The molecule has 0 aromatic heterocycles. The lowest BCUT2D eigenvalue weighted by Crippen LogP contribution is -2.70. The first-order chi connectivity index (χ1) is 27.5. The highest BCUT2D eigenvalue weighted by Crippen LogP contribution is 2.36. The van der Waals surface area contributed by atoms with Crippen molar-refractivity contribution in [2.24, 2.45) is 0 Å². The molecule has 1 aromatic rings. The molecule has 12 N–H and O–H groups in total. The molecule has 28 heteroatoms. The van der Waals surface area contributed by atoms with Crippen LogP contribution in [0.5, 0.6) is 5.75 Å². The number of hydrogen-bond acceptors (Lipinski definition) is 22. The Balaban J connectivity index is 1.72. The fourth-order valence-electron chi connectivity index (χ4n) is 6.45. The van der Waals surface area contributed by atoms with Gasteiger partial charge in [0.15, 0.2) is 6.29 Å². The Labute approximate surface area is 333 Å². The maximum atomic E-state index is 12.8. The molecule has 334 valence electrons. The summed E-state index contributed by atoms with van der Waals surface area (Å²) in [5.41, 5.74) is -0.371. The fraction of sp³-hybridized carbons (Fsp3) is 0.710. The van der Waals surface area contributed by atoms with Gasteiger partial charge in [-0.25, -0.2) is 8.98 Å². The number of nitrogens with zero attached hydrogens (tertiary/aromatic N) is 1. The smallest absolute Gasteiger partial charge is 0.397 e. The molecule has 0 radical (unpaired) electrons. The van der Waals surface area contributed by atoms with Gasteiger partial charge in [-0.2, -0.15) is 8.42 Å². The summed E-state index contributed by atoms with van der Waals surface area (Å²) in [4.78, 5) is 47.7. The van der Waals surface area contributed by atoms with E-state index in [0.29, 0.717) is 0 Å². The zero-order valence-electron chi connectivity index (χ0n) is 30.8. The van der Waals surface area contributed by atoms with E-state index >= 15 is 0 Å². The molecule has 3 heterocycles. The van der Waals surface area contributed by atoms with Crippen LogP contribution < -0.4 is 15.4 Å². The number of nitro benzene ring substituents is 1. The van der Waals surface area contributed by atoms with Crippen LogP contribution in [0.1, 0.15) is 20.3 Å². The van der Waals surface area contributed by atoms with Crippen LogP contribution in [0.3, 0.4) is 0 Å². The standard InChI is InChI=1S/C31H45N3O24S/c1-11(36)32-19-15(38)7-31(30(45)46,58-27(19)21(40)16(39)8-35)52-9-17-23(42)26(57-29-25(44)24(43)22(41)18(56-29)10-53-59(49,50)51)20(33-12(2)37)28(55-17)54-14-5-3-13(4-6-14)34(47)48/h3-6,15-29,35,38-44H,7-10H2,1-2H3,(H,32,36)(H,33,37)(H,45,46)(H,49,50,51)/t15-,16?,17+,18+,19+,20+,21?,22-,23+,24-,25+,26+,27+,28+,29-,31+/m0/s1. The second-order valence-corrected chi connectivity index (χ2v) is 14.7. The first-order valence-electron chi connectivity index (χ1n) is 17.4. The van der Waals surface area contributed by atoms with Crippen molar-refractivity contribution in [1.82, 2.24) is 10.6 Å². The summed E-state index contributed by atoms with van der Waals surface area (Å²) in [7, 11) is -5.13. The van der Waals surface area contributed by atoms with Crippen molar-refractivity contribution in [3.8, 4) is 5.75 Å². The molecule has 3 fully saturated rings. The third-order valence-electron chi connectivity index (χ3n) is 9.35. The van der Waals surface area contributed by atoms with Gasteiger partial charge in [0, 0.05) is 32.4 Å². The molecule has 27 nitrogen and oxygen atoms in total. The van der Waals surface area contributed by atoms with E-state index in [1.807, 2.05) is 0 Å². The lowest BCUT2D eigenvalue weighted by atomic mass is 9.88. The largest absolute Gasteiger partial charge is 0.477 e. The monoisotopic (exact) mass is 875 g/mol. The molecule has 2 unspecified atom stereocenters. The number of aliphatic hydroxyl groups excluding tert-OH is 8. The molecule has 0 spiro atoms. The molecule has 0 bridgehead atoms. The summed E-state index contributed by atoms with van der Waals surface area (Å²) in [5, 5.41) is 111. The van der Waals surface area contributed by atoms with Gasteiger partial charge < -0.3 is 85.0 Å². The van der Waals surface area contributed by atoms with Crippen molar-refractivity contribution in [3.05, 3.63) is 34.4 Å². The van der Waals surface area contributed by atoms with Gasteiger partial charge in [-0.3, -0.25) is 24.3 Å². The van der Waals surface area contributed by atoms with Gasteiger partial charge in [0.25, 0.3) is 11.5 Å². The van der Waals surface area contributed by atoms with E-state index in [1.165, 1.54) is 0 Å². The van der Waals surface area contributed by atoms with Gasteiger partial charge >= 0.3 is 16.4 Å². The van der Waals surface area contributed by atoms with Crippen molar-refractivity contribution < 1.29 is 111 Å². The zero-order chi connectivity index (χ0) is 44.1. The van der Waals surface area contributed by atoms with Crippen LogP contribution in [0.15, 0.2) is 24.3 Å². The van der Waals surface area contributed by atoms with Crippen LogP contribution in [-0.2, 0) is 52.7 Å². The Kier molecular flexibility index (Phi) is 16.0. The van der Waals surface area contributed by atoms with Crippen LogP contribution in [0.25, 0.3) is 0 Å². The van der Waals surface area contributed by atoms with Crippen LogP contribution in [0.2, 0.25) is 0 Å². The summed E-state index contributed by atoms with van der Waals surface area (Å²) in [6.07, 6.45) is -27.1. The maximum absolute atomic E-state index is 12.8. The predicted molar refractivity (Wildman–Crippen MR) is 184 cm³/mol. The topological polar surface area (TPSA) is 419 Å². The summed E-state index contributed by atoms with van der Waals surface area (Å²) in [6, 6.07) is 1.02. The van der Waals surface area contributed by atoms with Crippen molar-refractivity contribution >= 4 is 33.9 Å². The first kappa shape index (κ1) is 47.9. The van der Waals surface area contributed by atoms with E-state index in [1.54, 1.807) is 0 Å². The molecule has 4 rings (SSSR count). The number of ether oxygens (including phenoxy) is 6. The number of benzene rings is 1. The number of hydrogen-bond donors (Lipinski definition) is 12. The van der Waals surface area contributed by atoms with Gasteiger partial charge in [0.2, 0.25) is 18.1 Å². The SMILES string of the molecule is CC(=O)N[C@@H]1[C@@H](O)C[C@](OC[C@H]2O[C@@H](Oc3ccc([N+](=O)[O-])cc3)[C@H](NC(C)=O)[C@@H](O[C@@H]3O[C@H](COS(=O)(=O)O)[C@H](O)[C@H](O)[C@H]3O)[C@@H]2O)(C(=O)O)O[C@H]1C(O)C(O)CO. The maximum Gasteiger partial charge on any atom is 0.397 e. The van der Waals surface area contributed by atoms with E-state index in [9.17, 15) is 78.9 Å². The number of nitrogens with one attached hydrogen (secondary N) is 2. The van der Waals surface area contributed by atoms with E-state index in [2.05, 4.69) is 14.8 Å². The third-order valence-corrected chi connectivity index (χ3v) is 9.79. The molecule has 1 aromatic carbocycles. The summed E-state index contributed by atoms with van der Waals surface area (Å²) in [6.45, 7) is -1.28. The molecule has 0 saturated carbocycles. The molecule has 3 aliphatic rings. The van der Waals surface area contributed by atoms with E-state index in [0.717, 1.165) is 38.1 Å². The van der Waals surface area contributed by atoms with Gasteiger partial charge in [-0.05, 0) is 12.1 Å². The minimum absolute atomic E-state index is 0.162. The lowest BCUT2D eigenvalue weighted by molar-refractivity contribution is -0.384. The number of carbonyl (C=O) groups is 3. The first-order valence-corrected chi connectivity index (χ1v) is 18.8. The Bertz CT molecular complexity index is 1740. The molecule has 16 atom stereocenters. The van der Waals surface area contributed by atoms with Crippen molar-refractivity contribution in [1.29, 1.82) is 0 Å². The van der Waals surface area contributed by atoms with Crippen molar-refractivity contribution in [3.63, 3.8) is 0 Å². The molecule has 0 aliphatic carbocycles. The molecular weight excluding hydrogens is 830 g/mol. The number of amides is 2. The number of non-ortho nitro benzene ring substituents is 1. The number of carbonyl (C=O) groups excluding carboxylic acids is 2. The highest BCUT2D eigenvalue weighted by atomic mass is 32.3. The molecule has 2 amide bonds. The van der Waals surface area contributed by atoms with Crippen LogP contribution in [0, 0.1) is 10.1 Å². The minimum Gasteiger partial charge on any atom is -0.477 e. The van der Waals surface area contributed by atoms with E-state index in [4.69, 9.17) is 33.0 Å². The third kappa shape index (κ3) is 11.7. The quantitative estimate of drug-likeness (QED) is 0.0393. The van der Waals surface area contributed by atoms with E-state index in [-0.39, 0.29) is 11.4 Å². The summed E-state index contributed by atoms with van der Waals surface area (Å²) >= 11 is 0.